The zero-order chi connectivity index (χ0) is 9.26. The Bertz CT molecular complexity index is 305. The van der Waals surface area contributed by atoms with Crippen LogP contribution in [0.2, 0.25) is 5.02 Å². The molecule has 1 fully saturated rings. The maximum absolute atomic E-state index is 6.06. The number of halogens is 1. The van der Waals surface area contributed by atoms with Gasteiger partial charge in [0.15, 0.2) is 0 Å². The molecule has 0 unspecified atom stereocenters. The number of rotatable bonds is 3. The molecule has 0 aliphatic heterocycles. The first kappa shape index (κ1) is 8.89. The Labute approximate surface area is 83.7 Å². The molecule has 1 aliphatic carbocycles. The van der Waals surface area contributed by atoms with Crippen LogP contribution in [0.5, 0.6) is 5.75 Å². The van der Waals surface area contributed by atoms with Crippen molar-refractivity contribution in [1.82, 2.24) is 0 Å². The molecule has 0 bridgehead atoms. The third-order valence-electron chi connectivity index (χ3n) is 2.24. The highest BCUT2D eigenvalue weighted by atomic mass is 35.5. The molecular formula is C11H13ClO. The highest BCUT2D eigenvalue weighted by Crippen LogP contribution is 2.34. The molecule has 2 heteroatoms. The Morgan fingerprint density at radius 2 is 2.23 bits per heavy atom. The zero-order valence-corrected chi connectivity index (χ0v) is 8.47. The third kappa shape index (κ3) is 1.97. The van der Waals surface area contributed by atoms with Crippen LogP contribution in [0.15, 0.2) is 18.2 Å². The van der Waals surface area contributed by atoms with Crippen LogP contribution >= 0.6 is 11.6 Å². The molecule has 2 rings (SSSR count). The van der Waals surface area contributed by atoms with E-state index in [1.54, 1.807) is 0 Å². The van der Waals surface area contributed by atoms with Crippen LogP contribution in [-0.2, 0) is 6.42 Å². The lowest BCUT2D eigenvalue weighted by atomic mass is 10.1. The molecule has 0 aromatic heterocycles. The van der Waals surface area contributed by atoms with Crippen molar-refractivity contribution in [3.05, 3.63) is 28.8 Å². The van der Waals surface area contributed by atoms with Gasteiger partial charge in [0.25, 0.3) is 0 Å². The van der Waals surface area contributed by atoms with Gasteiger partial charge in [-0.05, 0) is 30.9 Å². The molecule has 0 heterocycles. The van der Waals surface area contributed by atoms with Crippen LogP contribution in [0.1, 0.15) is 25.3 Å². The van der Waals surface area contributed by atoms with Crippen LogP contribution in [0, 0.1) is 0 Å². The van der Waals surface area contributed by atoms with Crippen LogP contribution < -0.4 is 4.74 Å². The minimum absolute atomic E-state index is 0.421. The summed E-state index contributed by atoms with van der Waals surface area (Å²) in [5.74, 6) is 0.897. The van der Waals surface area contributed by atoms with Crippen molar-refractivity contribution in [1.29, 1.82) is 0 Å². The van der Waals surface area contributed by atoms with E-state index >= 15 is 0 Å². The Kier molecular flexibility index (Phi) is 2.45. The summed E-state index contributed by atoms with van der Waals surface area (Å²) in [5, 5.41) is 0.742. The number of ether oxygens (including phenoxy) is 1. The summed E-state index contributed by atoms with van der Waals surface area (Å²) in [5.41, 5.74) is 1.21. The second-order valence-corrected chi connectivity index (χ2v) is 3.81. The molecule has 0 saturated heterocycles. The van der Waals surface area contributed by atoms with Crippen molar-refractivity contribution in [3.8, 4) is 5.75 Å². The average Bonchev–Trinajstić information content (AvgIpc) is 2.92. The minimum Gasteiger partial charge on any atom is -0.489 e. The predicted molar refractivity (Wildman–Crippen MR) is 54.5 cm³/mol. The highest BCUT2D eigenvalue weighted by molar-refractivity contribution is 6.32. The van der Waals surface area contributed by atoms with Gasteiger partial charge >= 0.3 is 0 Å². The Balaban J connectivity index is 2.27. The maximum Gasteiger partial charge on any atom is 0.141 e. The van der Waals surface area contributed by atoms with E-state index in [0.29, 0.717) is 6.10 Å². The van der Waals surface area contributed by atoms with Gasteiger partial charge in [0.1, 0.15) is 5.75 Å². The van der Waals surface area contributed by atoms with E-state index in [0.717, 1.165) is 17.2 Å². The van der Waals surface area contributed by atoms with Crippen LogP contribution in [0.4, 0.5) is 0 Å². The van der Waals surface area contributed by atoms with E-state index in [4.69, 9.17) is 16.3 Å². The van der Waals surface area contributed by atoms with Gasteiger partial charge in [-0.2, -0.15) is 0 Å². The second kappa shape index (κ2) is 3.59. The van der Waals surface area contributed by atoms with E-state index in [9.17, 15) is 0 Å². The first-order chi connectivity index (χ1) is 6.31. The highest BCUT2D eigenvalue weighted by Gasteiger charge is 2.25. The summed E-state index contributed by atoms with van der Waals surface area (Å²) in [6.07, 6.45) is 3.75. The fourth-order valence-electron chi connectivity index (χ4n) is 1.32. The van der Waals surface area contributed by atoms with E-state index < -0.39 is 0 Å². The van der Waals surface area contributed by atoms with Gasteiger partial charge in [-0.25, -0.2) is 0 Å². The predicted octanol–water partition coefficient (Wildman–Crippen LogP) is 3.44. The monoisotopic (exact) mass is 196 g/mol. The van der Waals surface area contributed by atoms with Crippen molar-refractivity contribution in [2.45, 2.75) is 32.3 Å². The van der Waals surface area contributed by atoms with Gasteiger partial charge < -0.3 is 4.74 Å². The second-order valence-electron chi connectivity index (χ2n) is 3.40. The lowest BCUT2D eigenvalue weighted by molar-refractivity contribution is 0.300. The lowest BCUT2D eigenvalue weighted by Gasteiger charge is -2.10. The van der Waals surface area contributed by atoms with Gasteiger partial charge in [-0.15, -0.1) is 0 Å². The van der Waals surface area contributed by atoms with Crippen molar-refractivity contribution in [2.24, 2.45) is 0 Å². The fourth-order valence-corrected chi connectivity index (χ4v) is 1.56. The molecule has 1 saturated carbocycles. The summed E-state index contributed by atoms with van der Waals surface area (Å²) in [6.45, 7) is 2.12. The van der Waals surface area contributed by atoms with E-state index in [1.165, 1.54) is 18.4 Å². The lowest BCUT2D eigenvalue weighted by Crippen LogP contribution is -1.99. The molecule has 1 nitrogen and oxygen atoms in total. The van der Waals surface area contributed by atoms with E-state index in [-0.39, 0.29) is 0 Å². The van der Waals surface area contributed by atoms with Gasteiger partial charge in [0.05, 0.1) is 11.1 Å². The molecule has 0 atom stereocenters. The van der Waals surface area contributed by atoms with Crippen molar-refractivity contribution in [3.63, 3.8) is 0 Å². The van der Waals surface area contributed by atoms with Crippen LogP contribution in [-0.4, -0.2) is 6.10 Å². The number of aryl methyl sites for hydroxylation is 1. The van der Waals surface area contributed by atoms with Gasteiger partial charge in [0, 0.05) is 0 Å². The molecule has 1 aromatic rings. The Morgan fingerprint density at radius 3 is 2.85 bits per heavy atom. The van der Waals surface area contributed by atoms with Crippen molar-refractivity contribution < 1.29 is 4.74 Å². The van der Waals surface area contributed by atoms with Crippen LogP contribution in [0.25, 0.3) is 0 Å². The fraction of sp³-hybridized carbons (Fsp3) is 0.455. The molecule has 0 N–H and O–H groups in total. The quantitative estimate of drug-likeness (QED) is 0.720. The molecule has 1 aromatic carbocycles. The van der Waals surface area contributed by atoms with E-state index in [2.05, 4.69) is 13.0 Å². The smallest absolute Gasteiger partial charge is 0.141 e. The summed E-state index contributed by atoms with van der Waals surface area (Å²) < 4.78 is 5.75. The SMILES string of the molecule is CCc1cccc(Cl)c1OC1CC1. The summed E-state index contributed by atoms with van der Waals surface area (Å²) >= 11 is 6.06. The normalized spacial score (nSPS) is 15.8. The van der Waals surface area contributed by atoms with E-state index in [1.807, 2.05) is 12.1 Å². The van der Waals surface area contributed by atoms with Crippen molar-refractivity contribution >= 4 is 11.6 Å². The minimum atomic E-state index is 0.421. The number of hydrogen-bond donors (Lipinski definition) is 0. The Hall–Kier alpha value is -0.690. The molecule has 1 aliphatic rings. The molecular weight excluding hydrogens is 184 g/mol. The van der Waals surface area contributed by atoms with Gasteiger partial charge in [0.2, 0.25) is 0 Å². The topological polar surface area (TPSA) is 9.23 Å². The number of para-hydroxylation sites is 1. The summed E-state index contributed by atoms with van der Waals surface area (Å²) in [7, 11) is 0. The van der Waals surface area contributed by atoms with Crippen molar-refractivity contribution in [2.75, 3.05) is 0 Å². The molecule has 0 radical (unpaired) electrons. The number of benzene rings is 1. The third-order valence-corrected chi connectivity index (χ3v) is 2.54. The molecule has 13 heavy (non-hydrogen) atoms. The zero-order valence-electron chi connectivity index (χ0n) is 7.72. The largest absolute Gasteiger partial charge is 0.489 e. The number of hydrogen-bond acceptors (Lipinski definition) is 1. The van der Waals surface area contributed by atoms with Gasteiger partial charge in [-0.3, -0.25) is 0 Å². The Morgan fingerprint density at radius 1 is 1.46 bits per heavy atom. The van der Waals surface area contributed by atoms with Crippen LogP contribution in [0.3, 0.4) is 0 Å². The molecule has 0 amide bonds. The average molecular weight is 197 g/mol. The first-order valence-corrected chi connectivity index (χ1v) is 5.13. The first-order valence-electron chi connectivity index (χ1n) is 4.75. The van der Waals surface area contributed by atoms with Gasteiger partial charge in [-0.1, -0.05) is 30.7 Å². The summed E-state index contributed by atoms with van der Waals surface area (Å²) in [6, 6.07) is 5.93. The maximum atomic E-state index is 6.06. The molecule has 70 valence electrons. The summed E-state index contributed by atoms with van der Waals surface area (Å²) in [4.78, 5) is 0. The standard InChI is InChI=1S/C11H13ClO/c1-2-8-4-3-5-10(12)11(8)13-9-6-7-9/h3-5,9H,2,6-7H2,1H3. The molecule has 0 spiro atoms.